The molecule has 0 spiro atoms. The quantitative estimate of drug-likeness (QED) is 0.549. The summed E-state index contributed by atoms with van der Waals surface area (Å²) >= 11 is 0. The Hall–Kier alpha value is -2.25. The fourth-order valence-corrected chi connectivity index (χ4v) is 1.70. The number of carbonyl (C=O) groups excluding carboxylic acids is 2. The Morgan fingerprint density at radius 3 is 1.42 bits per heavy atom. The van der Waals surface area contributed by atoms with Gasteiger partial charge < -0.3 is 19.7 Å². The van der Waals surface area contributed by atoms with Crippen LogP contribution in [-0.2, 0) is 14.3 Å². The van der Waals surface area contributed by atoms with E-state index in [9.17, 15) is 9.59 Å². The summed E-state index contributed by atoms with van der Waals surface area (Å²) in [6.07, 6.45) is 2.49. The molecule has 1 aliphatic rings. The molecule has 0 aromatic heterocycles. The number of nitrogens with zero attached hydrogens (tertiary/aromatic N) is 2. The smallest absolute Gasteiger partial charge is 0.302 e. The maximum absolute atomic E-state index is 9.81. The number of Topliss-reactive ketones (excluding diaryl/α,β-unsaturated/α-hetero) is 1. The van der Waals surface area contributed by atoms with Crippen molar-refractivity contribution in [3.63, 3.8) is 0 Å². The Morgan fingerprint density at radius 2 is 1.29 bits per heavy atom. The van der Waals surface area contributed by atoms with E-state index in [4.69, 9.17) is 10.1 Å². The average molecular weight is 440 g/mol. The number of carbonyl (C=O) groups is 2. The van der Waals surface area contributed by atoms with Crippen LogP contribution in [0.4, 0.5) is 0 Å². The molecule has 0 saturated carbocycles. The van der Waals surface area contributed by atoms with Crippen LogP contribution in [0.2, 0.25) is 0 Å². The van der Waals surface area contributed by atoms with E-state index < -0.39 is 0 Å². The molecular weight excluding hydrogens is 394 g/mol. The Kier molecular flexibility index (Phi) is 25.9. The summed E-state index contributed by atoms with van der Waals surface area (Å²) < 4.78 is 9.03. The molecule has 7 heteroatoms. The summed E-state index contributed by atoms with van der Waals surface area (Å²) in [6.45, 7) is 12.4. The Balaban J connectivity index is -0.000000321. The lowest BCUT2D eigenvalue weighted by atomic mass is 10.2. The highest BCUT2D eigenvalue weighted by molar-refractivity contribution is 5.80. The molecule has 1 N–H and O–H groups in total. The Morgan fingerprint density at radius 1 is 0.903 bits per heavy atom. The van der Waals surface area contributed by atoms with Gasteiger partial charge in [-0.25, -0.2) is 0 Å². The first-order valence-electron chi connectivity index (χ1n) is 10.6. The predicted molar refractivity (Wildman–Crippen MR) is 130 cm³/mol. The first-order chi connectivity index (χ1) is 14.6. The summed E-state index contributed by atoms with van der Waals surface area (Å²) in [4.78, 5) is 24.0. The zero-order valence-corrected chi connectivity index (χ0v) is 21.2. The molecule has 1 aromatic carbocycles. The van der Waals surface area contributed by atoms with Crippen LogP contribution in [0.5, 0.6) is 5.75 Å². The van der Waals surface area contributed by atoms with Gasteiger partial charge in [0.05, 0.1) is 20.9 Å². The van der Waals surface area contributed by atoms with Crippen LogP contribution in [0.15, 0.2) is 30.3 Å². The van der Waals surface area contributed by atoms with Crippen molar-refractivity contribution < 1.29 is 19.1 Å². The number of likely N-dealkylation sites (N-methyl/N-ethyl adjacent to an activating group) is 2. The van der Waals surface area contributed by atoms with Gasteiger partial charge in [0.2, 0.25) is 0 Å². The van der Waals surface area contributed by atoms with Crippen molar-refractivity contribution in [3.8, 4) is 5.75 Å². The Bertz CT molecular complexity index is 537. The van der Waals surface area contributed by atoms with Crippen LogP contribution in [0.25, 0.3) is 0 Å². The first-order valence-corrected chi connectivity index (χ1v) is 10.6. The monoisotopic (exact) mass is 439 g/mol. The maximum Gasteiger partial charge on any atom is 0.302 e. The lowest BCUT2D eigenvalue weighted by Gasteiger charge is -2.06. The third-order valence-electron chi connectivity index (χ3n) is 3.96. The molecule has 180 valence electrons. The van der Waals surface area contributed by atoms with E-state index in [1.807, 2.05) is 51.1 Å². The van der Waals surface area contributed by atoms with Crippen LogP contribution in [0.1, 0.15) is 53.9 Å². The van der Waals surface area contributed by atoms with E-state index in [1.54, 1.807) is 14.0 Å². The number of hydrogen-bond acceptors (Lipinski definition) is 7. The summed E-state index contributed by atoms with van der Waals surface area (Å²) in [7, 11) is 7.30. The molecule has 0 unspecified atom stereocenters. The number of para-hydroxylation sites is 1. The van der Waals surface area contributed by atoms with Gasteiger partial charge in [-0.05, 0) is 46.0 Å². The zero-order chi connectivity index (χ0) is 24.7. The second-order valence-electron chi connectivity index (χ2n) is 6.88. The van der Waals surface area contributed by atoms with Crippen molar-refractivity contribution in [1.29, 1.82) is 5.41 Å². The van der Waals surface area contributed by atoms with Crippen molar-refractivity contribution in [1.82, 2.24) is 9.80 Å². The molecule has 1 aromatic rings. The van der Waals surface area contributed by atoms with Crippen LogP contribution in [-0.4, -0.2) is 75.3 Å². The van der Waals surface area contributed by atoms with E-state index in [-0.39, 0.29) is 11.8 Å². The lowest BCUT2D eigenvalue weighted by Crippen LogP contribution is -2.17. The van der Waals surface area contributed by atoms with E-state index in [0.717, 1.165) is 31.0 Å². The second-order valence-corrected chi connectivity index (χ2v) is 6.88. The molecule has 2 rings (SSSR count). The van der Waals surface area contributed by atoms with E-state index in [2.05, 4.69) is 28.6 Å². The van der Waals surface area contributed by atoms with Crippen LogP contribution >= 0.6 is 0 Å². The number of ether oxygens (including phenoxy) is 2. The van der Waals surface area contributed by atoms with Crippen molar-refractivity contribution in [3.05, 3.63) is 30.3 Å². The standard InChI is InChI=1S/C7H8O.C5H12N2.C5H11N.C4H8O.C3H6O2/c1-8-7-5-3-2-4-6-7;1-6-3-4-7(2)5-6;1-3-5(6)4-2;1-3-4(2)5;1-3(4)5-2/h2-6H,1H3;3-5H2,1-2H3;6H,3-4H2,1-2H3;3H2,1-2H3;1-2H3. The number of benzene rings is 1. The molecule has 1 fully saturated rings. The van der Waals surface area contributed by atoms with Gasteiger partial charge in [0.15, 0.2) is 0 Å². The number of esters is 1. The van der Waals surface area contributed by atoms with Gasteiger partial charge in [-0.1, -0.05) is 39.0 Å². The number of hydrogen-bond donors (Lipinski definition) is 1. The molecule has 7 nitrogen and oxygen atoms in total. The van der Waals surface area contributed by atoms with E-state index in [0.29, 0.717) is 6.42 Å². The zero-order valence-electron chi connectivity index (χ0n) is 21.2. The van der Waals surface area contributed by atoms with Gasteiger partial charge in [-0.15, -0.1) is 0 Å². The average Bonchev–Trinajstić information content (AvgIpc) is 3.17. The molecular formula is C24H45N3O4. The fourth-order valence-electron chi connectivity index (χ4n) is 1.70. The minimum absolute atomic E-state index is 0.245. The van der Waals surface area contributed by atoms with E-state index >= 15 is 0 Å². The van der Waals surface area contributed by atoms with Gasteiger partial charge in [0.1, 0.15) is 11.5 Å². The predicted octanol–water partition coefficient (Wildman–Crippen LogP) is 4.51. The third-order valence-corrected chi connectivity index (χ3v) is 3.96. The molecule has 1 heterocycles. The molecule has 1 aliphatic heterocycles. The molecule has 0 radical (unpaired) electrons. The highest BCUT2D eigenvalue weighted by atomic mass is 16.5. The van der Waals surface area contributed by atoms with Crippen molar-refractivity contribution in [2.75, 3.05) is 48.1 Å². The second kappa shape index (κ2) is 24.0. The topological polar surface area (TPSA) is 82.9 Å². The number of rotatable bonds is 4. The minimum atomic E-state index is -0.245. The number of methoxy groups -OCH3 is 2. The SMILES string of the molecule is CCC(=N)CC.CCC(C)=O.CN1CCN(C)C1.COC(C)=O.COc1ccccc1. The van der Waals surface area contributed by atoms with Gasteiger partial charge in [0, 0.05) is 32.1 Å². The summed E-state index contributed by atoms with van der Waals surface area (Å²) in [5, 5.41) is 6.99. The molecule has 0 atom stereocenters. The molecule has 31 heavy (non-hydrogen) atoms. The van der Waals surface area contributed by atoms with Gasteiger partial charge in [0.25, 0.3) is 0 Å². The highest BCUT2D eigenvalue weighted by Crippen LogP contribution is 2.05. The normalized spacial score (nSPS) is 12.2. The molecule has 0 aliphatic carbocycles. The fraction of sp³-hybridized carbons (Fsp3) is 0.625. The maximum atomic E-state index is 9.81. The number of nitrogens with one attached hydrogen (secondary N) is 1. The summed E-state index contributed by atoms with van der Waals surface area (Å²) in [5.41, 5.74) is 0.843. The van der Waals surface area contributed by atoms with Crippen LogP contribution in [0, 0.1) is 5.41 Å². The molecule has 0 amide bonds. The summed E-state index contributed by atoms with van der Waals surface area (Å²) in [6, 6.07) is 9.68. The highest BCUT2D eigenvalue weighted by Gasteiger charge is 2.09. The van der Waals surface area contributed by atoms with E-state index in [1.165, 1.54) is 27.1 Å². The molecule has 0 bridgehead atoms. The third kappa shape index (κ3) is 30.0. The van der Waals surface area contributed by atoms with Crippen molar-refractivity contribution >= 4 is 17.5 Å². The van der Waals surface area contributed by atoms with Crippen LogP contribution in [0.3, 0.4) is 0 Å². The Labute approximate surface area is 190 Å². The van der Waals surface area contributed by atoms with Gasteiger partial charge in [-0.2, -0.15) is 0 Å². The molecule has 1 saturated heterocycles. The lowest BCUT2D eigenvalue weighted by molar-refractivity contribution is -0.137. The van der Waals surface area contributed by atoms with Gasteiger partial charge in [-0.3, -0.25) is 14.6 Å². The van der Waals surface area contributed by atoms with Crippen molar-refractivity contribution in [2.45, 2.75) is 53.9 Å². The van der Waals surface area contributed by atoms with Crippen molar-refractivity contribution in [2.24, 2.45) is 0 Å². The minimum Gasteiger partial charge on any atom is -0.497 e. The summed E-state index contributed by atoms with van der Waals surface area (Å²) in [5.74, 6) is 0.919. The number of ketones is 1. The van der Waals surface area contributed by atoms with Crippen LogP contribution < -0.4 is 4.74 Å². The largest absolute Gasteiger partial charge is 0.497 e. The first kappa shape index (κ1) is 33.4. The van der Waals surface area contributed by atoms with Gasteiger partial charge >= 0.3 is 5.97 Å².